The molecule has 0 aromatic rings. The first kappa shape index (κ1) is 24.1. The van der Waals surface area contributed by atoms with E-state index in [-0.39, 0.29) is 35.7 Å². The van der Waals surface area contributed by atoms with E-state index in [0.29, 0.717) is 25.9 Å². The summed E-state index contributed by atoms with van der Waals surface area (Å²) in [6.45, 7) is 4.19. The number of hydrogen-bond donors (Lipinski definition) is 5. The lowest BCUT2D eigenvalue weighted by molar-refractivity contribution is -0.133. The number of carbonyl (C=O) groups is 2. The van der Waals surface area contributed by atoms with Gasteiger partial charge in [0.1, 0.15) is 0 Å². The normalized spacial score (nSPS) is 27.7. The zero-order chi connectivity index (χ0) is 22.5. The van der Waals surface area contributed by atoms with Crippen LogP contribution in [0.15, 0.2) is 16.6 Å². The number of rotatable bonds is 8. The monoisotopic (exact) mass is 444 g/mol. The van der Waals surface area contributed by atoms with E-state index in [1.54, 1.807) is 13.0 Å². The second kappa shape index (κ2) is 10.2. The maximum atomic E-state index is 12.2. The highest BCUT2D eigenvalue weighted by Crippen LogP contribution is 2.28. The summed E-state index contributed by atoms with van der Waals surface area (Å²) in [6.07, 6.45) is 3.62. The van der Waals surface area contributed by atoms with Crippen LogP contribution in [0.5, 0.6) is 0 Å². The first-order chi connectivity index (χ1) is 14.0. The Morgan fingerprint density at radius 2 is 2.07 bits per heavy atom. The Morgan fingerprint density at radius 3 is 2.63 bits per heavy atom. The highest BCUT2D eigenvalue weighted by molar-refractivity contribution is 7.89. The Hall–Kier alpha value is -2.18. The van der Waals surface area contributed by atoms with Crippen LogP contribution in [0.25, 0.3) is 0 Å². The zero-order valence-corrected chi connectivity index (χ0v) is 18.2. The molecule has 11 nitrogen and oxygen atoms in total. The molecule has 0 radical (unpaired) electrons. The van der Waals surface area contributed by atoms with Crippen LogP contribution in [-0.4, -0.2) is 79.3 Å². The number of nitrogens with one attached hydrogen (secondary N) is 2. The molecule has 1 aliphatic carbocycles. The maximum absolute atomic E-state index is 12.2. The van der Waals surface area contributed by atoms with Crippen LogP contribution in [0.2, 0.25) is 0 Å². The van der Waals surface area contributed by atoms with Crippen LogP contribution >= 0.6 is 0 Å². The van der Waals surface area contributed by atoms with Crippen LogP contribution in [0.4, 0.5) is 0 Å². The van der Waals surface area contributed by atoms with Crippen molar-refractivity contribution in [2.75, 3.05) is 18.8 Å². The van der Waals surface area contributed by atoms with Gasteiger partial charge >= 0.3 is 5.97 Å². The van der Waals surface area contributed by atoms with E-state index < -0.39 is 34.1 Å². The quantitative estimate of drug-likeness (QED) is 0.226. The lowest BCUT2D eigenvalue weighted by Gasteiger charge is -2.44. The topological polar surface area (TPSA) is 180 Å². The van der Waals surface area contributed by atoms with E-state index in [1.807, 2.05) is 4.90 Å². The molecule has 7 N–H and O–H groups in total. The SMILES string of the molecule is CCCS(=O)(=O)N[C@H]1CCCN([C@@H]2C=C(C(=O)O)C[C@H](N=C(N)N)[C@H]2NC(C)=O)C1. The smallest absolute Gasteiger partial charge is 0.331 e. The van der Waals surface area contributed by atoms with Gasteiger partial charge in [0.25, 0.3) is 0 Å². The number of piperidine rings is 1. The molecule has 1 saturated heterocycles. The molecule has 170 valence electrons. The number of aliphatic carboxylic acids is 1. The van der Waals surface area contributed by atoms with Crippen molar-refractivity contribution in [1.82, 2.24) is 14.9 Å². The van der Waals surface area contributed by atoms with Crippen molar-refractivity contribution in [3.8, 4) is 0 Å². The second-order valence-electron chi connectivity index (χ2n) is 7.81. The van der Waals surface area contributed by atoms with Gasteiger partial charge in [0.05, 0.1) is 23.9 Å². The number of carboxylic acid groups (broad SMARTS) is 1. The Bertz CT molecular complexity index is 808. The van der Waals surface area contributed by atoms with Crippen molar-refractivity contribution < 1.29 is 23.1 Å². The van der Waals surface area contributed by atoms with Gasteiger partial charge < -0.3 is 21.9 Å². The number of nitrogens with zero attached hydrogens (tertiary/aromatic N) is 2. The van der Waals surface area contributed by atoms with Gasteiger partial charge in [-0.2, -0.15) is 0 Å². The number of hydrogen-bond acceptors (Lipinski definition) is 6. The second-order valence-corrected chi connectivity index (χ2v) is 9.68. The maximum Gasteiger partial charge on any atom is 0.331 e. The van der Waals surface area contributed by atoms with Crippen molar-refractivity contribution in [1.29, 1.82) is 0 Å². The minimum atomic E-state index is -3.38. The molecule has 0 saturated carbocycles. The van der Waals surface area contributed by atoms with Gasteiger partial charge in [0.15, 0.2) is 5.96 Å². The van der Waals surface area contributed by atoms with Crippen LogP contribution in [0.3, 0.4) is 0 Å². The third-order valence-electron chi connectivity index (χ3n) is 5.24. The average Bonchev–Trinajstić information content (AvgIpc) is 2.61. The fourth-order valence-corrected chi connectivity index (χ4v) is 5.49. The largest absolute Gasteiger partial charge is 0.478 e. The summed E-state index contributed by atoms with van der Waals surface area (Å²) in [5.74, 6) is -1.50. The molecule has 2 aliphatic rings. The molecule has 1 fully saturated rings. The first-order valence-corrected chi connectivity index (χ1v) is 11.7. The summed E-state index contributed by atoms with van der Waals surface area (Å²) in [7, 11) is -3.38. The van der Waals surface area contributed by atoms with Crippen LogP contribution < -0.4 is 21.5 Å². The third kappa shape index (κ3) is 6.67. The van der Waals surface area contributed by atoms with Crippen molar-refractivity contribution in [3.63, 3.8) is 0 Å². The highest BCUT2D eigenvalue weighted by Gasteiger charge is 2.40. The molecule has 0 bridgehead atoms. The van der Waals surface area contributed by atoms with Gasteiger partial charge in [0.2, 0.25) is 15.9 Å². The van der Waals surface area contributed by atoms with E-state index >= 15 is 0 Å². The van der Waals surface area contributed by atoms with E-state index in [0.717, 1.165) is 6.42 Å². The molecule has 4 atom stereocenters. The van der Waals surface area contributed by atoms with E-state index in [1.165, 1.54) is 6.92 Å². The molecule has 1 amide bonds. The number of carbonyl (C=O) groups excluding carboxylic acids is 1. The Morgan fingerprint density at radius 1 is 1.37 bits per heavy atom. The molecule has 0 unspecified atom stereocenters. The molecule has 1 heterocycles. The first-order valence-electron chi connectivity index (χ1n) is 10.1. The standard InChI is InChI=1S/C18H32N6O5S/c1-3-7-30(28,29)23-13-5-4-6-24(10-13)15-9-12(17(26)27)8-14(22-18(19)20)16(15)21-11(2)25/h9,13-16,23H,3-8,10H2,1-2H3,(H,21,25)(H,26,27)(H4,19,20,22)/t13-,14-,15+,16+/m0/s1. The van der Waals surface area contributed by atoms with Gasteiger partial charge in [-0.1, -0.05) is 13.0 Å². The molecule has 30 heavy (non-hydrogen) atoms. The number of sulfonamides is 1. The number of guanidine groups is 1. The van der Waals surface area contributed by atoms with Gasteiger partial charge in [-0.15, -0.1) is 0 Å². The van der Waals surface area contributed by atoms with E-state index in [9.17, 15) is 23.1 Å². The molecular formula is C18H32N6O5S. The van der Waals surface area contributed by atoms with E-state index in [4.69, 9.17) is 11.5 Å². The average molecular weight is 445 g/mol. The van der Waals surface area contributed by atoms with Crippen molar-refractivity contribution in [3.05, 3.63) is 11.6 Å². The summed E-state index contributed by atoms with van der Waals surface area (Å²) in [4.78, 5) is 29.7. The molecule has 12 heteroatoms. The molecular weight excluding hydrogens is 412 g/mol. The lowest BCUT2D eigenvalue weighted by atomic mass is 9.84. The Kier molecular flexibility index (Phi) is 8.21. The fourth-order valence-electron chi connectivity index (χ4n) is 4.14. The summed E-state index contributed by atoms with van der Waals surface area (Å²) >= 11 is 0. The summed E-state index contributed by atoms with van der Waals surface area (Å²) < 4.78 is 27.1. The number of aliphatic imine (C=N–C) groups is 1. The zero-order valence-electron chi connectivity index (χ0n) is 17.4. The van der Waals surface area contributed by atoms with Gasteiger partial charge in [0, 0.05) is 31.5 Å². The van der Waals surface area contributed by atoms with Gasteiger partial charge in [-0.05, 0) is 25.8 Å². The molecule has 1 aliphatic heterocycles. The minimum absolute atomic E-state index is 0.0527. The van der Waals surface area contributed by atoms with E-state index in [2.05, 4.69) is 15.0 Å². The summed E-state index contributed by atoms with van der Waals surface area (Å²) in [5, 5.41) is 12.4. The molecule has 0 spiro atoms. The van der Waals surface area contributed by atoms with Gasteiger partial charge in [-0.25, -0.2) is 22.9 Å². The third-order valence-corrected chi connectivity index (χ3v) is 6.87. The van der Waals surface area contributed by atoms with Crippen LogP contribution in [-0.2, 0) is 19.6 Å². The molecule has 0 aromatic heterocycles. The highest BCUT2D eigenvalue weighted by atomic mass is 32.2. The molecule has 0 aromatic carbocycles. The predicted octanol–water partition coefficient (Wildman–Crippen LogP) is -1.29. The number of likely N-dealkylation sites (tertiary alicyclic amines) is 1. The number of carboxylic acids is 1. The van der Waals surface area contributed by atoms with Crippen LogP contribution in [0, 0.1) is 0 Å². The van der Waals surface area contributed by atoms with Crippen molar-refractivity contribution in [2.24, 2.45) is 16.5 Å². The minimum Gasteiger partial charge on any atom is -0.478 e. The molecule has 2 rings (SSSR count). The predicted molar refractivity (Wildman–Crippen MR) is 113 cm³/mol. The lowest BCUT2D eigenvalue weighted by Crippen LogP contribution is -2.61. The Balaban J connectivity index is 2.32. The van der Waals surface area contributed by atoms with Gasteiger partial charge in [-0.3, -0.25) is 9.69 Å². The number of amides is 1. The number of nitrogens with two attached hydrogens (primary N) is 2. The summed E-state index contributed by atoms with van der Waals surface area (Å²) in [5.41, 5.74) is 11.2. The fraction of sp³-hybridized carbons (Fsp3) is 0.722. The summed E-state index contributed by atoms with van der Waals surface area (Å²) in [6, 6.07) is -1.96. The van der Waals surface area contributed by atoms with Crippen LogP contribution in [0.1, 0.15) is 39.5 Å². The van der Waals surface area contributed by atoms with Crippen molar-refractivity contribution >= 4 is 27.9 Å². The Labute approximate surface area is 177 Å². The van der Waals surface area contributed by atoms with Crippen molar-refractivity contribution in [2.45, 2.75) is 63.7 Å².